The quantitative estimate of drug-likeness (QED) is 0.272. The van der Waals surface area contributed by atoms with Crippen molar-refractivity contribution in [1.82, 2.24) is 0 Å². The lowest BCUT2D eigenvalue weighted by molar-refractivity contribution is -0.132. The zero-order valence-electron chi connectivity index (χ0n) is 19.6. The van der Waals surface area contributed by atoms with Crippen LogP contribution in [0.3, 0.4) is 0 Å². The molecule has 1 amide bonds. The van der Waals surface area contributed by atoms with Gasteiger partial charge in [0.15, 0.2) is 0 Å². The van der Waals surface area contributed by atoms with Gasteiger partial charge in [-0.1, -0.05) is 29.8 Å². The van der Waals surface area contributed by atoms with E-state index in [1.54, 1.807) is 30.3 Å². The minimum atomic E-state index is -1.19. The smallest absolute Gasteiger partial charge is 0.300 e. The summed E-state index contributed by atoms with van der Waals surface area (Å²) in [6, 6.07) is 16.5. The maximum absolute atomic E-state index is 15.1. The fourth-order valence-electron chi connectivity index (χ4n) is 4.90. The van der Waals surface area contributed by atoms with Gasteiger partial charge in [-0.15, -0.1) is 0 Å². The maximum Gasteiger partial charge on any atom is 0.300 e. The van der Waals surface area contributed by atoms with Crippen LogP contribution in [0.4, 0.5) is 15.8 Å². The van der Waals surface area contributed by atoms with Crippen LogP contribution in [-0.2, 0) is 9.59 Å². The summed E-state index contributed by atoms with van der Waals surface area (Å²) in [6.07, 6.45) is 2.24. The summed E-state index contributed by atoms with van der Waals surface area (Å²) >= 11 is 6.15. The molecule has 2 aliphatic rings. The van der Waals surface area contributed by atoms with Crippen molar-refractivity contribution >= 4 is 40.4 Å². The lowest BCUT2D eigenvalue weighted by Crippen LogP contribution is -2.30. The number of carbonyl (C=O) groups is 2. The molecule has 0 spiro atoms. The SMILES string of the molecule is COc1ccc(Cl)cc1/C(O)=C1\C(=O)C(=O)N(c2ccc(N3CCCC3)cc2)C1c1ccccc1F. The van der Waals surface area contributed by atoms with E-state index in [9.17, 15) is 14.7 Å². The van der Waals surface area contributed by atoms with Crippen molar-refractivity contribution in [3.05, 3.63) is 94.3 Å². The van der Waals surface area contributed by atoms with Gasteiger partial charge in [0.1, 0.15) is 17.3 Å². The number of anilines is 2. The van der Waals surface area contributed by atoms with E-state index in [1.807, 2.05) is 12.1 Å². The van der Waals surface area contributed by atoms with Gasteiger partial charge in [0.25, 0.3) is 11.7 Å². The molecule has 3 aromatic carbocycles. The highest BCUT2D eigenvalue weighted by molar-refractivity contribution is 6.51. The van der Waals surface area contributed by atoms with Gasteiger partial charge < -0.3 is 14.7 Å². The first-order valence-electron chi connectivity index (χ1n) is 11.6. The predicted octanol–water partition coefficient (Wildman–Crippen LogP) is 5.71. The van der Waals surface area contributed by atoms with E-state index in [4.69, 9.17) is 16.3 Å². The first-order valence-corrected chi connectivity index (χ1v) is 12.0. The van der Waals surface area contributed by atoms with Crippen LogP contribution in [0.1, 0.15) is 30.0 Å². The molecule has 5 rings (SSSR count). The standard InChI is InChI=1S/C28H24ClFN2O4/c1-36-23-13-8-17(29)16-21(23)26(33)24-25(20-6-2-3-7-22(20)30)32(28(35)27(24)34)19-11-9-18(10-12-19)31-14-4-5-15-31/h2-3,6-13,16,25,33H,4-5,14-15H2,1H3/b26-24+. The molecule has 36 heavy (non-hydrogen) atoms. The maximum atomic E-state index is 15.1. The summed E-state index contributed by atoms with van der Waals surface area (Å²) in [4.78, 5) is 30.2. The second-order valence-electron chi connectivity index (χ2n) is 8.75. The molecule has 0 aromatic heterocycles. The summed E-state index contributed by atoms with van der Waals surface area (Å²) < 4.78 is 20.4. The summed E-state index contributed by atoms with van der Waals surface area (Å²) in [7, 11) is 1.41. The van der Waals surface area contributed by atoms with Crippen LogP contribution in [-0.4, -0.2) is 37.0 Å². The monoisotopic (exact) mass is 506 g/mol. The van der Waals surface area contributed by atoms with Crippen LogP contribution in [0, 0.1) is 5.82 Å². The van der Waals surface area contributed by atoms with Crippen molar-refractivity contribution < 1.29 is 23.8 Å². The van der Waals surface area contributed by atoms with Crippen molar-refractivity contribution in [2.45, 2.75) is 18.9 Å². The number of rotatable bonds is 5. The van der Waals surface area contributed by atoms with E-state index in [1.165, 1.54) is 36.3 Å². The van der Waals surface area contributed by atoms with Crippen LogP contribution in [0.2, 0.25) is 5.02 Å². The first kappa shape index (κ1) is 23.9. The highest BCUT2D eigenvalue weighted by atomic mass is 35.5. The number of methoxy groups -OCH3 is 1. The Morgan fingerprint density at radius 1 is 1.00 bits per heavy atom. The lowest BCUT2D eigenvalue weighted by atomic mass is 9.94. The zero-order chi connectivity index (χ0) is 25.4. The number of ether oxygens (including phenoxy) is 1. The number of Topliss-reactive ketones (excluding diaryl/α,β-unsaturated/α-hetero) is 1. The van der Waals surface area contributed by atoms with E-state index < -0.39 is 29.3 Å². The first-order chi connectivity index (χ1) is 17.4. The second kappa shape index (κ2) is 9.66. The number of amides is 1. The van der Waals surface area contributed by atoms with Gasteiger partial charge in [0.2, 0.25) is 0 Å². The number of carbonyl (C=O) groups excluding carboxylic acids is 2. The number of ketones is 1. The Labute approximate surface area is 213 Å². The van der Waals surface area contributed by atoms with E-state index in [-0.39, 0.29) is 22.4 Å². The molecule has 6 nitrogen and oxygen atoms in total. The minimum Gasteiger partial charge on any atom is -0.507 e. The molecule has 0 radical (unpaired) electrons. The van der Waals surface area contributed by atoms with Gasteiger partial charge >= 0.3 is 0 Å². The third kappa shape index (κ3) is 4.09. The Morgan fingerprint density at radius 2 is 1.67 bits per heavy atom. The molecule has 2 fully saturated rings. The molecule has 0 saturated carbocycles. The third-order valence-electron chi connectivity index (χ3n) is 6.66. The Bertz CT molecular complexity index is 1370. The average molecular weight is 507 g/mol. The fourth-order valence-corrected chi connectivity index (χ4v) is 5.07. The van der Waals surface area contributed by atoms with Crippen LogP contribution >= 0.6 is 11.6 Å². The second-order valence-corrected chi connectivity index (χ2v) is 9.18. The highest BCUT2D eigenvalue weighted by Crippen LogP contribution is 2.44. The summed E-state index contributed by atoms with van der Waals surface area (Å²) in [5.74, 6) is -2.62. The number of nitrogens with zero attached hydrogens (tertiary/aromatic N) is 2. The van der Waals surface area contributed by atoms with Gasteiger partial charge in [-0.05, 0) is 61.4 Å². The number of aliphatic hydroxyl groups excluding tert-OH is 1. The van der Waals surface area contributed by atoms with Gasteiger partial charge in [0.05, 0.1) is 24.3 Å². The Morgan fingerprint density at radius 3 is 2.33 bits per heavy atom. The molecule has 184 valence electrons. The molecule has 0 aliphatic carbocycles. The van der Waals surface area contributed by atoms with E-state index >= 15 is 4.39 Å². The molecule has 1 unspecified atom stereocenters. The van der Waals surface area contributed by atoms with Gasteiger partial charge in [-0.2, -0.15) is 0 Å². The van der Waals surface area contributed by atoms with Crippen molar-refractivity contribution in [1.29, 1.82) is 0 Å². The minimum absolute atomic E-state index is 0.0860. The summed E-state index contributed by atoms with van der Waals surface area (Å²) in [5, 5.41) is 11.6. The van der Waals surface area contributed by atoms with Crippen molar-refractivity contribution in [2.24, 2.45) is 0 Å². The number of benzene rings is 3. The molecular formula is C28H24ClFN2O4. The van der Waals surface area contributed by atoms with Crippen molar-refractivity contribution in [3.8, 4) is 5.75 Å². The van der Waals surface area contributed by atoms with Gasteiger partial charge in [0, 0.05) is 35.1 Å². The van der Waals surface area contributed by atoms with E-state index in [0.717, 1.165) is 31.6 Å². The number of halogens is 2. The van der Waals surface area contributed by atoms with E-state index in [2.05, 4.69) is 4.90 Å². The molecule has 2 heterocycles. The van der Waals surface area contributed by atoms with Gasteiger partial charge in [-0.3, -0.25) is 14.5 Å². The van der Waals surface area contributed by atoms with Crippen LogP contribution in [0.15, 0.2) is 72.3 Å². The topological polar surface area (TPSA) is 70.1 Å². The van der Waals surface area contributed by atoms with Crippen molar-refractivity contribution in [3.63, 3.8) is 0 Å². The molecule has 2 saturated heterocycles. The third-order valence-corrected chi connectivity index (χ3v) is 6.90. The highest BCUT2D eigenvalue weighted by Gasteiger charge is 2.48. The van der Waals surface area contributed by atoms with Crippen LogP contribution in [0.5, 0.6) is 5.75 Å². The fraction of sp³-hybridized carbons (Fsp3) is 0.214. The largest absolute Gasteiger partial charge is 0.507 e. The van der Waals surface area contributed by atoms with Crippen LogP contribution < -0.4 is 14.5 Å². The Hall–Kier alpha value is -3.84. The Kier molecular flexibility index (Phi) is 6.41. The summed E-state index contributed by atoms with van der Waals surface area (Å²) in [5.41, 5.74) is 1.41. The number of aliphatic hydroxyl groups is 1. The van der Waals surface area contributed by atoms with Crippen LogP contribution in [0.25, 0.3) is 5.76 Å². The lowest BCUT2D eigenvalue weighted by Gasteiger charge is -2.26. The number of hydrogen-bond acceptors (Lipinski definition) is 5. The molecule has 8 heteroatoms. The van der Waals surface area contributed by atoms with Crippen molar-refractivity contribution in [2.75, 3.05) is 30.0 Å². The predicted molar refractivity (Wildman–Crippen MR) is 137 cm³/mol. The van der Waals surface area contributed by atoms with E-state index in [0.29, 0.717) is 10.7 Å². The average Bonchev–Trinajstić information content (AvgIpc) is 3.51. The molecule has 3 aromatic rings. The Balaban J connectivity index is 1.68. The molecule has 0 bridgehead atoms. The number of hydrogen-bond donors (Lipinski definition) is 1. The molecule has 2 aliphatic heterocycles. The normalized spacial score (nSPS) is 19.2. The molecule has 1 atom stereocenters. The summed E-state index contributed by atoms with van der Waals surface area (Å²) in [6.45, 7) is 1.92. The zero-order valence-corrected chi connectivity index (χ0v) is 20.3. The molecule has 1 N–H and O–H groups in total. The van der Waals surface area contributed by atoms with Gasteiger partial charge in [-0.25, -0.2) is 4.39 Å². The molecular weight excluding hydrogens is 483 g/mol.